The maximum atomic E-state index is 12.5. The first-order valence-electron chi connectivity index (χ1n) is 8.51. The average molecular weight is 565 g/mol. The molecule has 2 aromatic carbocycles. The summed E-state index contributed by atoms with van der Waals surface area (Å²) >= 11 is 6.66. The number of sulfonamides is 1. The quantitative estimate of drug-likeness (QED) is 0.217. The summed E-state index contributed by atoms with van der Waals surface area (Å²) in [6.45, 7) is 3.94. The lowest BCUT2D eigenvalue weighted by atomic mass is 10.2. The first kappa shape index (κ1) is 24.1. The molecule has 0 fully saturated rings. The van der Waals surface area contributed by atoms with E-state index in [-0.39, 0.29) is 23.1 Å². The zero-order valence-electron chi connectivity index (χ0n) is 15.9. The highest BCUT2D eigenvalue weighted by Crippen LogP contribution is 2.40. The Morgan fingerprint density at radius 3 is 2.43 bits per heavy atom. The number of amides is 1. The third-order valence-electron chi connectivity index (χ3n) is 3.56. The van der Waals surface area contributed by atoms with Crippen LogP contribution in [0.25, 0.3) is 0 Å². The number of phenolic OH excluding ortho intramolecular Hbond substituents is 1. The molecule has 0 unspecified atom stereocenters. The van der Waals surface area contributed by atoms with E-state index in [1.54, 1.807) is 12.1 Å². The molecule has 0 atom stereocenters. The van der Waals surface area contributed by atoms with Crippen LogP contribution in [0.15, 0.2) is 49.3 Å². The Bertz CT molecular complexity index is 1050. The first-order valence-corrected chi connectivity index (χ1v) is 11.6. The number of benzene rings is 2. The second-order valence-corrected chi connectivity index (χ2v) is 9.92. The summed E-state index contributed by atoms with van der Waals surface area (Å²) in [6.07, 6.45) is 0.706. The minimum absolute atomic E-state index is 0.0934. The number of hydrogen-bond acceptors (Lipinski definition) is 7. The van der Waals surface area contributed by atoms with E-state index < -0.39 is 21.7 Å². The number of rotatable bonds is 8. The van der Waals surface area contributed by atoms with Gasteiger partial charge in [0.1, 0.15) is 22.6 Å². The molecular formula is C18H19Br2N3O6S. The molecule has 0 aliphatic heterocycles. The van der Waals surface area contributed by atoms with Gasteiger partial charge in [0.25, 0.3) is 5.91 Å². The van der Waals surface area contributed by atoms with E-state index in [1.807, 2.05) is 13.8 Å². The molecule has 2 aromatic rings. The van der Waals surface area contributed by atoms with Crippen molar-refractivity contribution >= 4 is 59.7 Å². The molecule has 1 amide bonds. The zero-order chi connectivity index (χ0) is 22.5. The Morgan fingerprint density at radius 1 is 1.23 bits per heavy atom. The second-order valence-electron chi connectivity index (χ2n) is 6.48. The number of carbonyl (C=O) groups excluding carboxylic acids is 1. The molecule has 0 saturated carbocycles. The number of hydrogen-bond donors (Lipinski definition) is 4. The molecule has 2 rings (SSSR count). The summed E-state index contributed by atoms with van der Waals surface area (Å²) in [5, 5.41) is 23.5. The van der Waals surface area contributed by atoms with Crippen LogP contribution in [0.4, 0.5) is 5.69 Å². The van der Waals surface area contributed by atoms with Gasteiger partial charge in [0, 0.05) is 18.3 Å². The Kier molecular flexibility index (Phi) is 8.24. The number of carbonyl (C=O) groups is 1. The van der Waals surface area contributed by atoms with Crippen molar-refractivity contribution in [2.24, 2.45) is 11.1 Å². The van der Waals surface area contributed by atoms with Crippen molar-refractivity contribution < 1.29 is 28.3 Å². The fourth-order valence-electron chi connectivity index (χ4n) is 2.20. The van der Waals surface area contributed by atoms with Crippen molar-refractivity contribution in [3.05, 3.63) is 39.3 Å². The van der Waals surface area contributed by atoms with E-state index in [0.29, 0.717) is 26.6 Å². The molecule has 4 N–H and O–H groups in total. The van der Waals surface area contributed by atoms with E-state index >= 15 is 0 Å². The van der Waals surface area contributed by atoms with Crippen molar-refractivity contribution in [3.8, 4) is 17.2 Å². The van der Waals surface area contributed by atoms with Gasteiger partial charge in [-0.3, -0.25) is 4.79 Å². The summed E-state index contributed by atoms with van der Waals surface area (Å²) < 4.78 is 34.1. The molecule has 0 aromatic heterocycles. The van der Waals surface area contributed by atoms with Crippen molar-refractivity contribution in [1.82, 2.24) is 4.72 Å². The molecule has 30 heavy (non-hydrogen) atoms. The number of nitrogens with zero attached hydrogens (tertiary/aromatic N) is 1. The van der Waals surface area contributed by atoms with E-state index in [2.05, 4.69) is 47.1 Å². The summed E-state index contributed by atoms with van der Waals surface area (Å²) in [7, 11) is -3.93. The Morgan fingerprint density at radius 2 is 1.87 bits per heavy atom. The monoisotopic (exact) mass is 563 g/mol. The van der Waals surface area contributed by atoms with E-state index in [1.165, 1.54) is 18.2 Å². The van der Waals surface area contributed by atoms with Gasteiger partial charge >= 0.3 is 0 Å². The Balaban J connectivity index is 2.31. The molecule has 0 heterocycles. The van der Waals surface area contributed by atoms with Crippen LogP contribution in [0.5, 0.6) is 17.2 Å². The Hall–Kier alpha value is -2.15. The van der Waals surface area contributed by atoms with Crippen LogP contribution in [-0.2, 0) is 14.8 Å². The third kappa shape index (κ3) is 6.42. The van der Waals surface area contributed by atoms with Crippen LogP contribution in [0.1, 0.15) is 13.8 Å². The van der Waals surface area contributed by atoms with Gasteiger partial charge in [0.15, 0.2) is 5.75 Å². The lowest BCUT2D eigenvalue weighted by Crippen LogP contribution is -2.27. The molecule has 162 valence electrons. The predicted molar refractivity (Wildman–Crippen MR) is 119 cm³/mol. The van der Waals surface area contributed by atoms with E-state index in [0.717, 1.165) is 0 Å². The number of anilines is 1. The zero-order valence-corrected chi connectivity index (χ0v) is 19.9. The van der Waals surface area contributed by atoms with Gasteiger partial charge < -0.3 is 20.4 Å². The van der Waals surface area contributed by atoms with Gasteiger partial charge in [0.05, 0.1) is 8.95 Å². The largest absolute Gasteiger partial charge is 0.507 e. The van der Waals surface area contributed by atoms with Crippen LogP contribution < -0.4 is 14.8 Å². The minimum atomic E-state index is -3.93. The number of ether oxygens (including phenoxy) is 1. The summed E-state index contributed by atoms with van der Waals surface area (Å²) in [6, 6.07) is 6.95. The molecule has 0 spiro atoms. The number of halogens is 2. The standard InChI is InChI=1S/C18H19Br2N3O6S/c1-10(2)8-22-30(27,28)16-7-12(3-4-15(16)24)29-18-13(19)5-11(6-14(18)20)23-17(25)9-21-26/h3-7,9-10,22,24,26H,8H2,1-2H3,(H,23,25)/b21-9+. The first-order chi connectivity index (χ1) is 14.0. The van der Waals surface area contributed by atoms with Gasteiger partial charge in [-0.25, -0.2) is 13.1 Å². The van der Waals surface area contributed by atoms with Gasteiger partial charge in [-0.2, -0.15) is 0 Å². The highest BCUT2D eigenvalue weighted by atomic mass is 79.9. The molecule has 0 aliphatic carbocycles. The van der Waals surface area contributed by atoms with Crippen LogP contribution >= 0.6 is 31.9 Å². The highest BCUT2D eigenvalue weighted by molar-refractivity contribution is 9.11. The van der Waals surface area contributed by atoms with Crippen molar-refractivity contribution in [1.29, 1.82) is 0 Å². The topological polar surface area (TPSA) is 137 Å². The molecule has 12 heteroatoms. The second kappa shape index (κ2) is 10.2. The molecule has 0 saturated heterocycles. The van der Waals surface area contributed by atoms with Crippen molar-refractivity contribution in [3.63, 3.8) is 0 Å². The van der Waals surface area contributed by atoms with Crippen molar-refractivity contribution in [2.45, 2.75) is 18.7 Å². The number of oxime groups is 1. The fourth-order valence-corrected chi connectivity index (χ4v) is 4.87. The van der Waals surface area contributed by atoms with Crippen LogP contribution in [0.3, 0.4) is 0 Å². The summed E-state index contributed by atoms with van der Waals surface area (Å²) in [5.41, 5.74) is 0.387. The number of nitrogens with one attached hydrogen (secondary N) is 2. The average Bonchev–Trinajstić information content (AvgIpc) is 2.64. The van der Waals surface area contributed by atoms with Crippen LogP contribution in [-0.4, -0.2) is 37.4 Å². The van der Waals surface area contributed by atoms with Crippen LogP contribution in [0.2, 0.25) is 0 Å². The lowest BCUT2D eigenvalue weighted by Gasteiger charge is -2.14. The number of aromatic hydroxyl groups is 1. The molecular weight excluding hydrogens is 546 g/mol. The van der Waals surface area contributed by atoms with E-state index in [9.17, 15) is 18.3 Å². The normalized spacial score (nSPS) is 11.8. The highest BCUT2D eigenvalue weighted by Gasteiger charge is 2.21. The van der Waals surface area contributed by atoms with Gasteiger partial charge in [-0.05, 0) is 62.0 Å². The minimum Gasteiger partial charge on any atom is -0.507 e. The molecule has 0 aliphatic rings. The lowest BCUT2D eigenvalue weighted by molar-refractivity contribution is -0.110. The molecule has 9 nitrogen and oxygen atoms in total. The van der Waals surface area contributed by atoms with Gasteiger partial charge in [0.2, 0.25) is 10.0 Å². The summed E-state index contributed by atoms with van der Waals surface area (Å²) in [4.78, 5) is 11.2. The van der Waals surface area contributed by atoms with Gasteiger partial charge in [-0.15, -0.1) is 0 Å². The predicted octanol–water partition coefficient (Wildman–Crippen LogP) is 4.04. The SMILES string of the molecule is CC(C)CNS(=O)(=O)c1cc(Oc2c(Br)cc(NC(=O)/C=N/O)cc2Br)ccc1O. The number of phenols is 1. The van der Waals surface area contributed by atoms with Crippen LogP contribution in [0, 0.1) is 5.92 Å². The smallest absolute Gasteiger partial charge is 0.270 e. The Labute approximate surface area is 190 Å². The molecule has 0 bridgehead atoms. The van der Waals surface area contributed by atoms with E-state index in [4.69, 9.17) is 9.94 Å². The molecule has 0 radical (unpaired) electrons. The van der Waals surface area contributed by atoms with Crippen molar-refractivity contribution in [2.75, 3.05) is 11.9 Å². The van der Waals surface area contributed by atoms with Gasteiger partial charge in [-0.1, -0.05) is 19.0 Å². The summed E-state index contributed by atoms with van der Waals surface area (Å²) in [5.74, 6) is -0.458. The third-order valence-corrected chi connectivity index (χ3v) is 6.19. The maximum Gasteiger partial charge on any atom is 0.270 e. The maximum absolute atomic E-state index is 12.5. The fraction of sp³-hybridized carbons (Fsp3) is 0.222.